The molecule has 1 saturated heterocycles. The fourth-order valence-electron chi connectivity index (χ4n) is 4.71. The minimum Gasteiger partial charge on any atom is -0.393 e. The van der Waals surface area contributed by atoms with Crippen LogP contribution in [0, 0.1) is 12.7 Å². The first-order chi connectivity index (χ1) is 18.0. The van der Waals surface area contributed by atoms with E-state index in [0.717, 1.165) is 4.90 Å². The number of aryl methyl sites for hydroxylation is 1. The quantitative estimate of drug-likeness (QED) is 0.358. The molecule has 2 aromatic carbocycles. The van der Waals surface area contributed by atoms with Gasteiger partial charge in [-0.1, -0.05) is 6.07 Å². The van der Waals surface area contributed by atoms with E-state index in [-0.39, 0.29) is 23.4 Å². The lowest BCUT2D eigenvalue weighted by atomic mass is 9.92. The Morgan fingerprint density at radius 3 is 2.18 bits per heavy atom. The standard InChI is InChI=1S/C27H31F7N2O2S/c1-15-9-21(28)5-6-23(15)24-13-22(39-14-16(2)37)7-8-36(24)25(38)35(4)17(3)18-10-19(26(29,30)31)12-20(11-18)27(32,33)34/h5-6,9-12,16-17,22,24,37H,7-8,13-14H2,1-4H3/t16-,17+,22-,24+/m0/s1. The van der Waals surface area contributed by atoms with Gasteiger partial charge in [0, 0.05) is 24.6 Å². The molecule has 0 unspecified atom stereocenters. The number of benzene rings is 2. The van der Waals surface area contributed by atoms with Crippen LogP contribution in [0.25, 0.3) is 0 Å². The number of likely N-dealkylation sites (tertiary alicyclic amines) is 1. The van der Waals surface area contributed by atoms with Gasteiger partial charge in [0.25, 0.3) is 0 Å². The third-order valence-electron chi connectivity index (χ3n) is 6.94. The maximum Gasteiger partial charge on any atom is 0.416 e. The van der Waals surface area contributed by atoms with Crippen LogP contribution in [0.4, 0.5) is 35.5 Å². The SMILES string of the molecule is Cc1cc(F)ccc1[C@H]1C[C@@H](SC[C@H](C)O)CCN1C(=O)N(C)[C@H](C)c1cc(C(F)(F)F)cc(C(F)(F)F)c1. The zero-order valence-corrected chi connectivity index (χ0v) is 22.7. The van der Waals surface area contributed by atoms with Gasteiger partial charge in [0.15, 0.2) is 0 Å². The van der Waals surface area contributed by atoms with Gasteiger partial charge in [-0.3, -0.25) is 0 Å². The largest absolute Gasteiger partial charge is 0.416 e. The molecule has 12 heteroatoms. The van der Waals surface area contributed by atoms with Crippen LogP contribution in [0.15, 0.2) is 36.4 Å². The molecule has 0 spiro atoms. The zero-order chi connectivity index (χ0) is 29.3. The van der Waals surface area contributed by atoms with Crippen LogP contribution < -0.4 is 0 Å². The molecule has 1 N–H and O–H groups in total. The van der Waals surface area contributed by atoms with Gasteiger partial charge in [0.1, 0.15) is 5.82 Å². The van der Waals surface area contributed by atoms with E-state index in [1.807, 2.05) is 0 Å². The number of carbonyl (C=O) groups is 1. The zero-order valence-electron chi connectivity index (χ0n) is 21.9. The summed E-state index contributed by atoms with van der Waals surface area (Å²) in [6.07, 6.45) is -9.48. The van der Waals surface area contributed by atoms with Gasteiger partial charge in [-0.25, -0.2) is 9.18 Å². The van der Waals surface area contributed by atoms with Crippen LogP contribution >= 0.6 is 11.8 Å². The van der Waals surface area contributed by atoms with Crippen molar-refractivity contribution in [3.63, 3.8) is 0 Å². The van der Waals surface area contributed by atoms with Crippen molar-refractivity contribution >= 4 is 17.8 Å². The predicted octanol–water partition coefficient (Wildman–Crippen LogP) is 7.60. The molecule has 3 rings (SSSR count). The monoisotopic (exact) mass is 580 g/mol. The molecule has 0 aromatic heterocycles. The maximum absolute atomic E-state index is 13.8. The average molecular weight is 581 g/mol. The molecule has 1 fully saturated rings. The number of alkyl halides is 6. The lowest BCUT2D eigenvalue weighted by molar-refractivity contribution is -0.143. The van der Waals surface area contributed by atoms with Gasteiger partial charge in [-0.15, -0.1) is 0 Å². The lowest BCUT2D eigenvalue weighted by Crippen LogP contribution is -2.48. The van der Waals surface area contributed by atoms with Crippen molar-refractivity contribution in [2.45, 2.75) is 69.4 Å². The summed E-state index contributed by atoms with van der Waals surface area (Å²) in [7, 11) is 1.34. The number of urea groups is 1. The van der Waals surface area contributed by atoms with E-state index in [4.69, 9.17) is 0 Å². The molecular formula is C27H31F7N2O2S. The summed E-state index contributed by atoms with van der Waals surface area (Å²) in [5, 5.41) is 9.77. The number of aliphatic hydroxyl groups is 1. The second-order valence-corrected chi connectivity index (χ2v) is 11.3. The van der Waals surface area contributed by atoms with E-state index in [2.05, 4.69) is 0 Å². The van der Waals surface area contributed by atoms with E-state index in [0.29, 0.717) is 41.9 Å². The summed E-state index contributed by atoms with van der Waals surface area (Å²) < 4.78 is 94.3. The Morgan fingerprint density at radius 1 is 1.08 bits per heavy atom. The number of thioether (sulfide) groups is 1. The number of carbonyl (C=O) groups excluding carboxylic acids is 1. The van der Waals surface area contributed by atoms with Crippen molar-refractivity contribution in [2.75, 3.05) is 19.3 Å². The molecule has 1 aliphatic heterocycles. The fraction of sp³-hybridized carbons (Fsp3) is 0.519. The normalized spacial score (nSPS) is 20.1. The molecule has 2 amide bonds. The Labute approximate surface area is 227 Å². The molecule has 4 atom stereocenters. The Kier molecular flexibility index (Phi) is 9.52. The van der Waals surface area contributed by atoms with Crippen molar-refractivity contribution < 1.29 is 40.6 Å². The van der Waals surface area contributed by atoms with Crippen molar-refractivity contribution in [3.05, 3.63) is 70.0 Å². The van der Waals surface area contributed by atoms with Crippen molar-refractivity contribution in [1.29, 1.82) is 0 Å². The Balaban J connectivity index is 1.94. The number of nitrogens with zero attached hydrogens (tertiary/aromatic N) is 2. The Hall–Kier alpha value is -2.47. The average Bonchev–Trinajstić information content (AvgIpc) is 2.84. The number of rotatable bonds is 6. The van der Waals surface area contributed by atoms with Gasteiger partial charge in [-0.05, 0) is 80.6 Å². The molecule has 216 valence electrons. The van der Waals surface area contributed by atoms with Gasteiger partial charge in [0.2, 0.25) is 0 Å². The highest BCUT2D eigenvalue weighted by Crippen LogP contribution is 2.41. The van der Waals surface area contributed by atoms with Gasteiger partial charge in [-0.2, -0.15) is 38.1 Å². The molecule has 2 aromatic rings. The lowest BCUT2D eigenvalue weighted by Gasteiger charge is -2.43. The number of hydrogen-bond donors (Lipinski definition) is 1. The highest BCUT2D eigenvalue weighted by molar-refractivity contribution is 7.99. The molecule has 0 radical (unpaired) electrons. The van der Waals surface area contributed by atoms with Crippen molar-refractivity contribution in [3.8, 4) is 0 Å². The molecule has 0 bridgehead atoms. The summed E-state index contributed by atoms with van der Waals surface area (Å²) in [5.41, 5.74) is -1.88. The summed E-state index contributed by atoms with van der Waals surface area (Å²) >= 11 is 1.56. The summed E-state index contributed by atoms with van der Waals surface area (Å²) in [6.45, 7) is 5.02. The summed E-state index contributed by atoms with van der Waals surface area (Å²) in [6, 6.07) is 3.35. The van der Waals surface area contributed by atoms with Crippen molar-refractivity contribution in [2.24, 2.45) is 0 Å². The maximum atomic E-state index is 13.8. The van der Waals surface area contributed by atoms with Crippen LogP contribution in [-0.4, -0.2) is 51.6 Å². The third kappa shape index (κ3) is 7.59. The topological polar surface area (TPSA) is 43.8 Å². The molecule has 1 heterocycles. The third-order valence-corrected chi connectivity index (χ3v) is 8.51. The van der Waals surface area contributed by atoms with Crippen LogP contribution in [-0.2, 0) is 12.4 Å². The Bertz CT molecular complexity index is 1140. The van der Waals surface area contributed by atoms with E-state index in [1.165, 1.54) is 31.0 Å². The molecule has 0 saturated carbocycles. The molecule has 39 heavy (non-hydrogen) atoms. The predicted molar refractivity (Wildman–Crippen MR) is 136 cm³/mol. The van der Waals surface area contributed by atoms with Crippen LogP contribution in [0.3, 0.4) is 0 Å². The van der Waals surface area contributed by atoms with Gasteiger partial charge >= 0.3 is 18.4 Å². The summed E-state index contributed by atoms with van der Waals surface area (Å²) in [4.78, 5) is 16.4. The molecule has 4 nitrogen and oxygen atoms in total. The van der Waals surface area contributed by atoms with Crippen LogP contribution in [0.5, 0.6) is 0 Å². The smallest absolute Gasteiger partial charge is 0.393 e. The molecule has 1 aliphatic rings. The first kappa shape index (κ1) is 31.1. The second-order valence-electron chi connectivity index (χ2n) is 9.95. The highest BCUT2D eigenvalue weighted by atomic mass is 32.2. The minimum atomic E-state index is -5.00. The minimum absolute atomic E-state index is 0.0566. The number of amides is 2. The molecule has 0 aliphatic carbocycles. The summed E-state index contributed by atoms with van der Waals surface area (Å²) in [5.74, 6) is 0.0441. The fourth-order valence-corrected chi connectivity index (χ4v) is 5.85. The Morgan fingerprint density at radius 2 is 1.67 bits per heavy atom. The van der Waals surface area contributed by atoms with Crippen LogP contribution in [0.1, 0.15) is 66.6 Å². The van der Waals surface area contributed by atoms with Gasteiger partial charge in [0.05, 0.1) is 29.3 Å². The highest BCUT2D eigenvalue weighted by Gasteiger charge is 2.39. The number of halogens is 7. The number of piperidine rings is 1. The number of aliphatic hydroxyl groups excluding tert-OH is 1. The second kappa shape index (κ2) is 12.0. The number of hydrogen-bond acceptors (Lipinski definition) is 3. The molecular weight excluding hydrogens is 549 g/mol. The van der Waals surface area contributed by atoms with Crippen LogP contribution in [0.2, 0.25) is 0 Å². The van der Waals surface area contributed by atoms with E-state index in [9.17, 15) is 40.6 Å². The van der Waals surface area contributed by atoms with E-state index in [1.54, 1.807) is 31.7 Å². The van der Waals surface area contributed by atoms with E-state index >= 15 is 0 Å². The van der Waals surface area contributed by atoms with Crippen molar-refractivity contribution in [1.82, 2.24) is 9.80 Å². The van der Waals surface area contributed by atoms with Gasteiger partial charge < -0.3 is 14.9 Å². The first-order valence-corrected chi connectivity index (χ1v) is 13.4. The first-order valence-electron chi connectivity index (χ1n) is 12.4. The van der Waals surface area contributed by atoms with E-state index < -0.39 is 53.5 Å².